The monoisotopic (exact) mass is 473 g/mol. The molecule has 1 aromatic carbocycles. The van der Waals surface area contributed by atoms with Crippen molar-refractivity contribution < 1.29 is 14.3 Å². The SMILES string of the molecule is O=C(Cn1cnc2scc(-c3cccs3)c2c1=O)Nc1cc2c(cc1Cl)OCCCO2. The van der Waals surface area contributed by atoms with E-state index < -0.39 is 5.91 Å². The fourth-order valence-electron chi connectivity index (χ4n) is 3.32. The Bertz CT molecular complexity index is 1330. The van der Waals surface area contributed by atoms with E-state index in [1.165, 1.54) is 22.2 Å². The number of ether oxygens (including phenoxy) is 2. The summed E-state index contributed by atoms with van der Waals surface area (Å²) in [6.07, 6.45) is 2.16. The number of aromatic nitrogens is 2. The van der Waals surface area contributed by atoms with Gasteiger partial charge in [0.05, 0.1) is 35.6 Å². The third kappa shape index (κ3) is 3.91. The molecule has 0 fully saturated rings. The average molecular weight is 474 g/mol. The maximum Gasteiger partial charge on any atom is 0.263 e. The Balaban J connectivity index is 1.41. The van der Waals surface area contributed by atoms with Gasteiger partial charge in [-0.05, 0) is 11.4 Å². The molecule has 5 rings (SSSR count). The first-order valence-corrected chi connectivity index (χ1v) is 11.6. The van der Waals surface area contributed by atoms with Crippen LogP contribution in [0.3, 0.4) is 0 Å². The van der Waals surface area contributed by atoms with E-state index in [4.69, 9.17) is 21.1 Å². The molecule has 1 N–H and O–H groups in total. The summed E-state index contributed by atoms with van der Waals surface area (Å²) >= 11 is 9.27. The number of amides is 1. The molecule has 158 valence electrons. The van der Waals surface area contributed by atoms with Crippen molar-refractivity contribution in [2.45, 2.75) is 13.0 Å². The van der Waals surface area contributed by atoms with Crippen LogP contribution in [0.2, 0.25) is 5.02 Å². The molecule has 0 spiro atoms. The summed E-state index contributed by atoms with van der Waals surface area (Å²) in [7, 11) is 0. The Labute approximate surface area is 189 Å². The maximum absolute atomic E-state index is 13.1. The first-order chi connectivity index (χ1) is 15.1. The summed E-state index contributed by atoms with van der Waals surface area (Å²) in [6.45, 7) is 0.881. The van der Waals surface area contributed by atoms with Crippen molar-refractivity contribution in [3.05, 3.63) is 56.7 Å². The van der Waals surface area contributed by atoms with Crippen molar-refractivity contribution in [2.24, 2.45) is 0 Å². The van der Waals surface area contributed by atoms with Crippen LogP contribution in [-0.2, 0) is 11.3 Å². The molecule has 0 atom stereocenters. The van der Waals surface area contributed by atoms with Gasteiger partial charge in [0.15, 0.2) is 11.5 Å². The van der Waals surface area contributed by atoms with Gasteiger partial charge in [0, 0.05) is 34.4 Å². The zero-order valence-electron chi connectivity index (χ0n) is 16.1. The molecule has 0 aliphatic carbocycles. The molecule has 10 heteroatoms. The van der Waals surface area contributed by atoms with Gasteiger partial charge in [0.1, 0.15) is 11.4 Å². The fourth-order valence-corrected chi connectivity index (χ4v) is 5.24. The molecule has 0 saturated heterocycles. The molecule has 1 amide bonds. The molecular weight excluding hydrogens is 458 g/mol. The van der Waals surface area contributed by atoms with Gasteiger partial charge in [0.2, 0.25) is 5.91 Å². The third-order valence-electron chi connectivity index (χ3n) is 4.77. The lowest BCUT2D eigenvalue weighted by Crippen LogP contribution is -2.27. The number of halogens is 1. The molecule has 4 aromatic rings. The number of benzene rings is 1. The Morgan fingerprint density at radius 2 is 2.03 bits per heavy atom. The second-order valence-corrected chi connectivity index (χ2v) is 9.07. The number of anilines is 1. The van der Waals surface area contributed by atoms with Gasteiger partial charge in [0.25, 0.3) is 5.56 Å². The van der Waals surface area contributed by atoms with Crippen molar-refractivity contribution in [2.75, 3.05) is 18.5 Å². The van der Waals surface area contributed by atoms with E-state index in [9.17, 15) is 9.59 Å². The molecule has 1 aliphatic rings. The van der Waals surface area contributed by atoms with Crippen LogP contribution in [0, 0.1) is 0 Å². The molecule has 7 nitrogen and oxygen atoms in total. The Hall–Kier alpha value is -2.88. The molecule has 4 heterocycles. The molecule has 0 unspecified atom stereocenters. The lowest BCUT2D eigenvalue weighted by molar-refractivity contribution is -0.116. The van der Waals surface area contributed by atoms with Crippen molar-refractivity contribution in [1.29, 1.82) is 0 Å². The van der Waals surface area contributed by atoms with Crippen LogP contribution in [0.15, 0.2) is 46.1 Å². The number of nitrogens with one attached hydrogen (secondary N) is 1. The number of hydrogen-bond acceptors (Lipinski definition) is 7. The number of hydrogen-bond donors (Lipinski definition) is 1. The highest BCUT2D eigenvalue weighted by molar-refractivity contribution is 7.18. The van der Waals surface area contributed by atoms with Gasteiger partial charge >= 0.3 is 0 Å². The van der Waals surface area contributed by atoms with Crippen LogP contribution < -0.4 is 20.3 Å². The van der Waals surface area contributed by atoms with Gasteiger partial charge in [-0.1, -0.05) is 17.7 Å². The van der Waals surface area contributed by atoms with Crippen LogP contribution in [0.1, 0.15) is 6.42 Å². The van der Waals surface area contributed by atoms with Gasteiger partial charge in [-0.3, -0.25) is 14.2 Å². The summed E-state index contributed by atoms with van der Waals surface area (Å²) in [5, 5.41) is 7.49. The number of rotatable bonds is 4. The predicted octanol–water partition coefficient (Wildman–Crippen LogP) is 4.64. The van der Waals surface area contributed by atoms with Gasteiger partial charge in [-0.25, -0.2) is 4.98 Å². The highest BCUT2D eigenvalue weighted by Crippen LogP contribution is 2.38. The number of thiophene rings is 2. The van der Waals surface area contributed by atoms with E-state index in [1.54, 1.807) is 23.5 Å². The summed E-state index contributed by atoms with van der Waals surface area (Å²) in [6, 6.07) is 7.15. The van der Waals surface area contributed by atoms with E-state index >= 15 is 0 Å². The summed E-state index contributed by atoms with van der Waals surface area (Å²) < 4.78 is 12.6. The van der Waals surface area contributed by atoms with Gasteiger partial charge < -0.3 is 14.8 Å². The Kier molecular flexibility index (Phi) is 5.39. The minimum atomic E-state index is -0.396. The lowest BCUT2D eigenvalue weighted by Gasteiger charge is -2.13. The average Bonchev–Trinajstić information content (AvgIpc) is 3.37. The third-order valence-corrected chi connectivity index (χ3v) is 6.87. The van der Waals surface area contributed by atoms with Crippen molar-refractivity contribution in [3.8, 4) is 21.9 Å². The summed E-state index contributed by atoms with van der Waals surface area (Å²) in [4.78, 5) is 31.8. The van der Waals surface area contributed by atoms with E-state index in [0.717, 1.165) is 16.9 Å². The van der Waals surface area contributed by atoms with Crippen LogP contribution in [-0.4, -0.2) is 28.7 Å². The van der Waals surface area contributed by atoms with E-state index in [2.05, 4.69) is 10.3 Å². The Morgan fingerprint density at radius 3 is 2.81 bits per heavy atom. The van der Waals surface area contributed by atoms with Crippen LogP contribution in [0.5, 0.6) is 11.5 Å². The smallest absolute Gasteiger partial charge is 0.263 e. The van der Waals surface area contributed by atoms with Crippen LogP contribution >= 0.6 is 34.3 Å². The molecule has 0 bridgehead atoms. The largest absolute Gasteiger partial charge is 0.490 e. The lowest BCUT2D eigenvalue weighted by atomic mass is 10.2. The van der Waals surface area contributed by atoms with E-state index in [1.807, 2.05) is 22.9 Å². The highest BCUT2D eigenvalue weighted by Gasteiger charge is 2.18. The second kappa shape index (κ2) is 8.33. The fraction of sp³-hybridized carbons (Fsp3) is 0.190. The first kappa shape index (κ1) is 20.0. The molecular formula is C21H16ClN3O4S2. The van der Waals surface area contributed by atoms with Gasteiger partial charge in [-0.2, -0.15) is 0 Å². The molecule has 0 radical (unpaired) electrons. The van der Waals surface area contributed by atoms with Crippen molar-refractivity contribution in [3.63, 3.8) is 0 Å². The number of carbonyl (C=O) groups excluding carboxylic acids is 1. The standard InChI is InChI=1S/C21H16ClN3O4S2/c22-13-7-15-16(29-5-2-4-28-15)8-14(13)24-18(26)9-25-11-23-20-19(21(25)27)12(10-31-20)17-3-1-6-30-17/h1,3,6-8,10-11H,2,4-5,9H2,(H,24,26). The molecule has 1 aliphatic heterocycles. The van der Waals surface area contributed by atoms with Crippen LogP contribution in [0.4, 0.5) is 5.69 Å². The number of carbonyl (C=O) groups is 1. The summed E-state index contributed by atoms with van der Waals surface area (Å²) in [5.41, 5.74) is 0.982. The topological polar surface area (TPSA) is 82.5 Å². The highest BCUT2D eigenvalue weighted by atomic mass is 35.5. The normalized spacial score (nSPS) is 13.2. The number of nitrogens with zero attached hydrogens (tertiary/aromatic N) is 2. The Morgan fingerprint density at radius 1 is 1.23 bits per heavy atom. The van der Waals surface area contributed by atoms with Crippen molar-refractivity contribution >= 4 is 56.1 Å². The molecule has 3 aromatic heterocycles. The van der Waals surface area contributed by atoms with Gasteiger partial charge in [-0.15, -0.1) is 22.7 Å². The van der Waals surface area contributed by atoms with E-state index in [0.29, 0.717) is 45.6 Å². The molecule has 0 saturated carbocycles. The zero-order chi connectivity index (χ0) is 21.4. The summed E-state index contributed by atoms with van der Waals surface area (Å²) in [5.74, 6) is 0.675. The minimum Gasteiger partial charge on any atom is -0.490 e. The minimum absolute atomic E-state index is 0.188. The molecule has 31 heavy (non-hydrogen) atoms. The number of fused-ring (bicyclic) bond motifs is 2. The first-order valence-electron chi connectivity index (χ1n) is 9.49. The maximum atomic E-state index is 13.1. The zero-order valence-corrected chi connectivity index (χ0v) is 18.5. The van der Waals surface area contributed by atoms with Crippen molar-refractivity contribution in [1.82, 2.24) is 9.55 Å². The second-order valence-electron chi connectivity index (χ2n) is 6.86. The van der Waals surface area contributed by atoms with Crippen LogP contribution in [0.25, 0.3) is 20.7 Å². The van der Waals surface area contributed by atoms with E-state index in [-0.39, 0.29) is 12.1 Å². The quantitative estimate of drug-likeness (QED) is 0.467. The predicted molar refractivity (Wildman–Crippen MR) is 123 cm³/mol.